The average molecular weight is 282 g/mol. The fourth-order valence-electron chi connectivity index (χ4n) is 2.46. The molecule has 0 spiro atoms. The van der Waals surface area contributed by atoms with E-state index in [-0.39, 0.29) is 6.04 Å². The molecule has 5 heteroatoms. The second-order valence-electron chi connectivity index (χ2n) is 5.29. The first-order valence-corrected chi connectivity index (χ1v) is 8.25. The van der Waals surface area contributed by atoms with Crippen LogP contribution in [0.3, 0.4) is 0 Å². The van der Waals surface area contributed by atoms with E-state index in [1.165, 1.54) is 0 Å². The van der Waals surface area contributed by atoms with Crippen molar-refractivity contribution in [3.63, 3.8) is 0 Å². The van der Waals surface area contributed by atoms with Crippen molar-refractivity contribution < 1.29 is 8.42 Å². The Bertz CT molecular complexity index is 540. The molecule has 1 aliphatic heterocycles. The predicted octanol–water partition coefficient (Wildman–Crippen LogP) is 2.13. The Hall–Kier alpha value is -0.910. The summed E-state index contributed by atoms with van der Waals surface area (Å²) in [6.45, 7) is 5.23. The molecule has 2 unspecified atom stereocenters. The van der Waals surface area contributed by atoms with Crippen molar-refractivity contribution in [1.82, 2.24) is 4.31 Å². The van der Waals surface area contributed by atoms with Gasteiger partial charge in [-0.05, 0) is 37.0 Å². The SMILES string of the molecule is CCC1CCN(S(=O)(=O)c2cccc(C(C)N)c2)C1. The van der Waals surface area contributed by atoms with Crippen molar-refractivity contribution in [2.75, 3.05) is 13.1 Å². The summed E-state index contributed by atoms with van der Waals surface area (Å²) in [6, 6.07) is 6.82. The molecule has 106 valence electrons. The fraction of sp³-hybridized carbons (Fsp3) is 0.571. The molecule has 4 nitrogen and oxygen atoms in total. The molecule has 2 N–H and O–H groups in total. The molecule has 19 heavy (non-hydrogen) atoms. The third-order valence-corrected chi connectivity index (χ3v) is 5.71. The molecule has 2 rings (SSSR count). The van der Waals surface area contributed by atoms with Crippen LogP contribution >= 0.6 is 0 Å². The fourth-order valence-corrected chi connectivity index (χ4v) is 4.04. The van der Waals surface area contributed by atoms with Crippen LogP contribution in [0, 0.1) is 5.92 Å². The van der Waals surface area contributed by atoms with Crippen LogP contribution in [0.5, 0.6) is 0 Å². The molecular formula is C14H22N2O2S. The molecular weight excluding hydrogens is 260 g/mol. The van der Waals surface area contributed by atoms with Gasteiger partial charge in [0.25, 0.3) is 0 Å². The zero-order valence-corrected chi connectivity index (χ0v) is 12.4. The third kappa shape index (κ3) is 2.99. The summed E-state index contributed by atoms with van der Waals surface area (Å²) in [5.41, 5.74) is 6.67. The largest absolute Gasteiger partial charge is 0.324 e. The topological polar surface area (TPSA) is 63.4 Å². The quantitative estimate of drug-likeness (QED) is 0.920. The van der Waals surface area contributed by atoms with E-state index in [9.17, 15) is 8.42 Å². The van der Waals surface area contributed by atoms with E-state index in [0.29, 0.717) is 23.9 Å². The minimum atomic E-state index is -3.36. The van der Waals surface area contributed by atoms with Gasteiger partial charge in [0.2, 0.25) is 10.0 Å². The van der Waals surface area contributed by atoms with Gasteiger partial charge >= 0.3 is 0 Å². The first kappa shape index (κ1) is 14.5. The normalized spacial score (nSPS) is 22.6. The summed E-state index contributed by atoms with van der Waals surface area (Å²) in [7, 11) is -3.36. The van der Waals surface area contributed by atoms with E-state index < -0.39 is 10.0 Å². The smallest absolute Gasteiger partial charge is 0.243 e. The van der Waals surface area contributed by atoms with Crippen molar-refractivity contribution in [3.05, 3.63) is 29.8 Å². The number of nitrogens with two attached hydrogens (primary N) is 1. The maximum Gasteiger partial charge on any atom is 0.243 e. The van der Waals surface area contributed by atoms with Gasteiger partial charge in [-0.3, -0.25) is 0 Å². The summed E-state index contributed by atoms with van der Waals surface area (Å²) in [4.78, 5) is 0.360. The van der Waals surface area contributed by atoms with Gasteiger partial charge in [0.15, 0.2) is 0 Å². The van der Waals surface area contributed by atoms with E-state index >= 15 is 0 Å². The van der Waals surface area contributed by atoms with Crippen molar-refractivity contribution >= 4 is 10.0 Å². The average Bonchev–Trinajstić information content (AvgIpc) is 2.88. The third-order valence-electron chi connectivity index (χ3n) is 3.85. The summed E-state index contributed by atoms with van der Waals surface area (Å²) < 4.78 is 26.7. The minimum Gasteiger partial charge on any atom is -0.324 e. The number of hydrogen-bond acceptors (Lipinski definition) is 3. The van der Waals surface area contributed by atoms with Gasteiger partial charge in [-0.25, -0.2) is 8.42 Å². The van der Waals surface area contributed by atoms with Crippen molar-refractivity contribution in [1.29, 1.82) is 0 Å². The first-order chi connectivity index (χ1) is 8.95. The highest BCUT2D eigenvalue weighted by atomic mass is 32.2. The summed E-state index contributed by atoms with van der Waals surface area (Å²) in [5, 5.41) is 0. The lowest BCUT2D eigenvalue weighted by Crippen LogP contribution is -2.29. The lowest BCUT2D eigenvalue weighted by Gasteiger charge is -2.17. The van der Waals surface area contributed by atoms with Gasteiger partial charge < -0.3 is 5.73 Å². The predicted molar refractivity (Wildman–Crippen MR) is 76.2 cm³/mol. The molecule has 0 aromatic heterocycles. The molecule has 2 atom stereocenters. The Morgan fingerprint density at radius 3 is 2.79 bits per heavy atom. The minimum absolute atomic E-state index is 0.155. The van der Waals surface area contributed by atoms with E-state index in [1.807, 2.05) is 13.0 Å². The Balaban J connectivity index is 2.27. The molecule has 0 bridgehead atoms. The zero-order chi connectivity index (χ0) is 14.0. The van der Waals surface area contributed by atoms with Crippen LogP contribution in [0.2, 0.25) is 0 Å². The number of sulfonamides is 1. The van der Waals surface area contributed by atoms with Gasteiger partial charge in [-0.15, -0.1) is 0 Å². The molecule has 1 aromatic carbocycles. The highest BCUT2D eigenvalue weighted by molar-refractivity contribution is 7.89. The number of benzene rings is 1. The lowest BCUT2D eigenvalue weighted by atomic mass is 10.1. The van der Waals surface area contributed by atoms with Crippen LogP contribution in [-0.4, -0.2) is 25.8 Å². The molecule has 1 aromatic rings. The summed E-state index contributed by atoms with van der Waals surface area (Å²) in [6.07, 6.45) is 1.99. The van der Waals surface area contributed by atoms with E-state index in [4.69, 9.17) is 5.73 Å². The van der Waals surface area contributed by atoms with Crippen LogP contribution in [0.1, 0.15) is 38.3 Å². The molecule has 1 saturated heterocycles. The number of nitrogens with zero attached hydrogens (tertiary/aromatic N) is 1. The summed E-state index contributed by atoms with van der Waals surface area (Å²) >= 11 is 0. The van der Waals surface area contributed by atoms with E-state index in [0.717, 1.165) is 18.4 Å². The van der Waals surface area contributed by atoms with E-state index in [1.54, 1.807) is 22.5 Å². The van der Waals surface area contributed by atoms with Gasteiger partial charge in [-0.1, -0.05) is 25.5 Å². The maximum atomic E-state index is 12.6. The van der Waals surface area contributed by atoms with Gasteiger partial charge in [0.05, 0.1) is 4.90 Å². The highest BCUT2D eigenvalue weighted by Gasteiger charge is 2.31. The molecule has 1 heterocycles. The Labute approximate surface area is 115 Å². The van der Waals surface area contributed by atoms with E-state index in [2.05, 4.69) is 6.92 Å². The number of rotatable bonds is 4. The second-order valence-corrected chi connectivity index (χ2v) is 7.23. The van der Waals surface area contributed by atoms with Crippen LogP contribution in [0.15, 0.2) is 29.2 Å². The zero-order valence-electron chi connectivity index (χ0n) is 11.5. The number of hydrogen-bond donors (Lipinski definition) is 1. The lowest BCUT2D eigenvalue weighted by molar-refractivity contribution is 0.453. The van der Waals surface area contributed by atoms with Crippen LogP contribution in [0.25, 0.3) is 0 Å². The molecule has 0 radical (unpaired) electrons. The molecule has 0 aliphatic carbocycles. The molecule has 1 aliphatic rings. The first-order valence-electron chi connectivity index (χ1n) is 6.81. The molecule has 0 saturated carbocycles. The highest BCUT2D eigenvalue weighted by Crippen LogP contribution is 2.26. The van der Waals surface area contributed by atoms with Crippen LogP contribution < -0.4 is 5.73 Å². The van der Waals surface area contributed by atoms with Crippen molar-refractivity contribution in [2.45, 2.75) is 37.6 Å². The molecule has 0 amide bonds. The van der Waals surface area contributed by atoms with Crippen molar-refractivity contribution in [3.8, 4) is 0 Å². The Morgan fingerprint density at radius 2 is 2.21 bits per heavy atom. The summed E-state index contributed by atoms with van der Waals surface area (Å²) in [5.74, 6) is 0.492. The Morgan fingerprint density at radius 1 is 1.47 bits per heavy atom. The molecule has 1 fully saturated rings. The maximum absolute atomic E-state index is 12.6. The van der Waals surface area contributed by atoms with Gasteiger partial charge in [-0.2, -0.15) is 4.31 Å². The van der Waals surface area contributed by atoms with Crippen LogP contribution in [0.4, 0.5) is 0 Å². The van der Waals surface area contributed by atoms with Gasteiger partial charge in [0.1, 0.15) is 0 Å². The van der Waals surface area contributed by atoms with Crippen molar-refractivity contribution in [2.24, 2.45) is 11.7 Å². The van der Waals surface area contributed by atoms with Gasteiger partial charge in [0, 0.05) is 19.1 Å². The second kappa shape index (κ2) is 5.61. The monoisotopic (exact) mass is 282 g/mol. The standard InChI is InChI=1S/C14H22N2O2S/c1-3-12-7-8-16(10-12)19(17,18)14-6-4-5-13(9-14)11(2)15/h4-6,9,11-12H,3,7-8,10,15H2,1-2H3. The Kier molecular flexibility index (Phi) is 4.28. The van der Waals surface area contributed by atoms with Crippen LogP contribution in [-0.2, 0) is 10.0 Å².